The van der Waals surface area contributed by atoms with E-state index < -0.39 is 0 Å². The van der Waals surface area contributed by atoms with Crippen molar-refractivity contribution in [2.75, 3.05) is 6.61 Å². The van der Waals surface area contributed by atoms with Crippen LogP contribution < -0.4 is 0 Å². The number of hydrogen-bond acceptors (Lipinski definition) is 1. The smallest absolute Gasteiger partial charge is 0.126 e. The molecule has 0 aliphatic heterocycles. The van der Waals surface area contributed by atoms with Crippen LogP contribution in [0.4, 0.5) is 4.39 Å². The molecule has 0 amide bonds. The molecule has 0 spiro atoms. The highest BCUT2D eigenvalue weighted by Gasteiger charge is 2.04. The summed E-state index contributed by atoms with van der Waals surface area (Å²) in [4.78, 5) is 0. The van der Waals surface area contributed by atoms with Gasteiger partial charge >= 0.3 is 0 Å². The van der Waals surface area contributed by atoms with Crippen LogP contribution in [-0.4, -0.2) is 11.7 Å². The zero-order chi connectivity index (χ0) is 9.84. The minimum absolute atomic E-state index is 0.148. The Morgan fingerprint density at radius 2 is 2.15 bits per heavy atom. The molecule has 72 valence electrons. The fourth-order valence-corrected chi connectivity index (χ4v) is 1.23. The van der Waals surface area contributed by atoms with Gasteiger partial charge in [0, 0.05) is 6.61 Å². The molecular weight excluding hydrogens is 167 g/mol. The van der Waals surface area contributed by atoms with Crippen molar-refractivity contribution in [1.29, 1.82) is 0 Å². The number of aryl methyl sites for hydroxylation is 1. The Balaban J connectivity index is 2.73. The van der Waals surface area contributed by atoms with E-state index in [9.17, 15) is 4.39 Å². The molecule has 1 atom stereocenters. The molecule has 1 aromatic rings. The number of aliphatic hydroxyl groups is 1. The van der Waals surface area contributed by atoms with Gasteiger partial charge in [-0.05, 0) is 36.5 Å². The van der Waals surface area contributed by atoms with Crippen LogP contribution in [0.3, 0.4) is 0 Å². The maximum Gasteiger partial charge on any atom is 0.126 e. The first-order valence-corrected chi connectivity index (χ1v) is 4.49. The quantitative estimate of drug-likeness (QED) is 0.760. The van der Waals surface area contributed by atoms with Gasteiger partial charge in [0.15, 0.2) is 0 Å². The summed E-state index contributed by atoms with van der Waals surface area (Å²) in [7, 11) is 0. The summed E-state index contributed by atoms with van der Waals surface area (Å²) in [6.45, 7) is 3.84. The molecule has 0 saturated carbocycles. The van der Waals surface area contributed by atoms with Crippen LogP contribution in [0.1, 0.15) is 18.1 Å². The van der Waals surface area contributed by atoms with Gasteiger partial charge in [0.1, 0.15) is 5.82 Å². The van der Waals surface area contributed by atoms with Gasteiger partial charge in [-0.3, -0.25) is 0 Å². The van der Waals surface area contributed by atoms with Crippen LogP contribution in [-0.2, 0) is 6.42 Å². The van der Waals surface area contributed by atoms with E-state index in [-0.39, 0.29) is 18.3 Å². The molecule has 1 rings (SSSR count). The summed E-state index contributed by atoms with van der Waals surface area (Å²) in [6.07, 6.45) is 0.730. The van der Waals surface area contributed by atoms with E-state index in [1.165, 1.54) is 0 Å². The molecule has 0 radical (unpaired) electrons. The van der Waals surface area contributed by atoms with Crippen molar-refractivity contribution in [1.82, 2.24) is 0 Å². The molecule has 2 heteroatoms. The molecule has 0 aliphatic carbocycles. The second-order valence-electron chi connectivity index (χ2n) is 3.58. The molecule has 1 unspecified atom stereocenters. The monoisotopic (exact) mass is 182 g/mol. The predicted molar refractivity (Wildman–Crippen MR) is 51.1 cm³/mol. The van der Waals surface area contributed by atoms with Gasteiger partial charge in [0.2, 0.25) is 0 Å². The fraction of sp³-hybridized carbons (Fsp3) is 0.455. The third-order valence-corrected chi connectivity index (χ3v) is 2.13. The van der Waals surface area contributed by atoms with E-state index in [2.05, 4.69) is 0 Å². The summed E-state index contributed by atoms with van der Waals surface area (Å²) in [5.41, 5.74) is 1.62. The summed E-state index contributed by atoms with van der Waals surface area (Å²) in [5, 5.41) is 8.83. The number of halogens is 1. The van der Waals surface area contributed by atoms with Gasteiger partial charge in [-0.25, -0.2) is 4.39 Å². The van der Waals surface area contributed by atoms with E-state index >= 15 is 0 Å². The van der Waals surface area contributed by atoms with Crippen LogP contribution in [0.5, 0.6) is 0 Å². The molecule has 0 saturated heterocycles. The van der Waals surface area contributed by atoms with E-state index in [4.69, 9.17) is 5.11 Å². The van der Waals surface area contributed by atoms with E-state index in [1.54, 1.807) is 19.1 Å². The van der Waals surface area contributed by atoms with Crippen LogP contribution in [0.15, 0.2) is 18.2 Å². The molecule has 0 aromatic heterocycles. The summed E-state index contributed by atoms with van der Waals surface area (Å²) in [6, 6.07) is 5.22. The lowest BCUT2D eigenvalue weighted by Gasteiger charge is -2.08. The molecule has 0 aliphatic rings. The topological polar surface area (TPSA) is 20.2 Å². The normalized spacial score (nSPS) is 12.9. The van der Waals surface area contributed by atoms with E-state index in [0.29, 0.717) is 5.56 Å². The van der Waals surface area contributed by atoms with Crippen molar-refractivity contribution in [2.45, 2.75) is 20.3 Å². The Morgan fingerprint density at radius 3 is 2.69 bits per heavy atom. The number of aliphatic hydroxyl groups excluding tert-OH is 1. The Morgan fingerprint density at radius 1 is 1.46 bits per heavy atom. The van der Waals surface area contributed by atoms with Crippen molar-refractivity contribution in [3.05, 3.63) is 35.1 Å². The maximum absolute atomic E-state index is 13.1. The van der Waals surface area contributed by atoms with Crippen molar-refractivity contribution in [3.8, 4) is 0 Å². The van der Waals surface area contributed by atoms with Gasteiger partial charge < -0.3 is 5.11 Å². The Labute approximate surface area is 78.2 Å². The van der Waals surface area contributed by atoms with Crippen molar-refractivity contribution < 1.29 is 9.50 Å². The molecule has 0 bridgehead atoms. The lowest BCUT2D eigenvalue weighted by atomic mass is 10.0. The largest absolute Gasteiger partial charge is 0.396 e. The molecule has 13 heavy (non-hydrogen) atoms. The van der Waals surface area contributed by atoms with Gasteiger partial charge in [-0.2, -0.15) is 0 Å². The second kappa shape index (κ2) is 4.38. The number of hydrogen-bond donors (Lipinski definition) is 1. The summed E-state index contributed by atoms with van der Waals surface area (Å²) < 4.78 is 13.1. The van der Waals surface area contributed by atoms with E-state index in [1.807, 2.05) is 13.0 Å². The summed E-state index contributed by atoms with van der Waals surface area (Å²) in [5.74, 6) is 0.0322. The third-order valence-electron chi connectivity index (χ3n) is 2.13. The zero-order valence-electron chi connectivity index (χ0n) is 8.05. The number of benzene rings is 1. The highest BCUT2D eigenvalue weighted by molar-refractivity contribution is 5.23. The Hall–Kier alpha value is -0.890. The average molecular weight is 182 g/mol. The standard InChI is InChI=1S/C11H15FO/c1-8(7-13)5-10-4-3-9(2)11(12)6-10/h3-4,6,8,13H,5,7H2,1-2H3. The molecule has 0 heterocycles. The minimum atomic E-state index is -0.164. The van der Waals surface area contributed by atoms with Crippen LogP contribution in [0.2, 0.25) is 0 Å². The van der Waals surface area contributed by atoms with Gasteiger partial charge in [0.05, 0.1) is 0 Å². The average Bonchev–Trinajstić information content (AvgIpc) is 2.11. The van der Waals surface area contributed by atoms with Crippen molar-refractivity contribution in [2.24, 2.45) is 5.92 Å². The molecule has 1 nitrogen and oxygen atoms in total. The SMILES string of the molecule is Cc1ccc(CC(C)CO)cc1F. The highest BCUT2D eigenvalue weighted by atomic mass is 19.1. The zero-order valence-corrected chi connectivity index (χ0v) is 8.05. The van der Waals surface area contributed by atoms with Gasteiger partial charge in [0.25, 0.3) is 0 Å². The minimum Gasteiger partial charge on any atom is -0.396 e. The second-order valence-corrected chi connectivity index (χ2v) is 3.58. The third kappa shape index (κ3) is 2.81. The summed E-state index contributed by atoms with van der Waals surface area (Å²) >= 11 is 0. The van der Waals surface area contributed by atoms with Crippen molar-refractivity contribution >= 4 is 0 Å². The molecule has 0 fully saturated rings. The molecule has 1 aromatic carbocycles. The first-order valence-electron chi connectivity index (χ1n) is 4.49. The van der Waals surface area contributed by atoms with Gasteiger partial charge in [-0.1, -0.05) is 19.1 Å². The van der Waals surface area contributed by atoms with Gasteiger partial charge in [-0.15, -0.1) is 0 Å². The van der Waals surface area contributed by atoms with Crippen LogP contribution >= 0.6 is 0 Å². The lowest BCUT2D eigenvalue weighted by Crippen LogP contribution is -2.04. The number of rotatable bonds is 3. The van der Waals surface area contributed by atoms with Crippen LogP contribution in [0, 0.1) is 18.7 Å². The van der Waals surface area contributed by atoms with Crippen molar-refractivity contribution in [3.63, 3.8) is 0 Å². The highest BCUT2D eigenvalue weighted by Crippen LogP contribution is 2.12. The predicted octanol–water partition coefficient (Wildman–Crippen LogP) is 2.31. The first kappa shape index (κ1) is 10.2. The van der Waals surface area contributed by atoms with Crippen LogP contribution in [0.25, 0.3) is 0 Å². The Bertz CT molecular complexity index is 283. The van der Waals surface area contributed by atoms with E-state index in [0.717, 1.165) is 12.0 Å². The molecular formula is C11H15FO. The lowest BCUT2D eigenvalue weighted by molar-refractivity contribution is 0.237. The first-order chi connectivity index (χ1) is 6.13. The Kier molecular flexibility index (Phi) is 3.43. The molecule has 1 N–H and O–H groups in total. The maximum atomic E-state index is 13.1. The fourth-order valence-electron chi connectivity index (χ4n) is 1.23.